The molecule has 8 heteroatoms. The molecule has 2 aromatic heterocycles. The Morgan fingerprint density at radius 3 is 2.69 bits per heavy atom. The lowest BCUT2D eigenvalue weighted by Crippen LogP contribution is -2.49. The quantitative estimate of drug-likeness (QED) is 0.393. The number of hydrogen-bond donors (Lipinski definition) is 0. The van der Waals surface area contributed by atoms with E-state index in [1.807, 2.05) is 42.2 Å². The van der Waals surface area contributed by atoms with Crippen LogP contribution in [0.4, 0.5) is 10.1 Å². The standard InChI is InChI=1S/C24H22FN3O3S/c1-16-6-8-19-22(14-16)31-24(26-19)32-15-17-7-9-21(30-17)23(29)28-12-10-27(11-13-28)20-5-3-2-4-18(20)25/h2-9,14H,10-13,15H2,1H3. The van der Waals surface area contributed by atoms with E-state index in [1.54, 1.807) is 23.1 Å². The number of oxazole rings is 1. The zero-order chi connectivity index (χ0) is 22.1. The summed E-state index contributed by atoms with van der Waals surface area (Å²) in [6, 6.07) is 16.1. The number of aryl methyl sites for hydroxylation is 1. The molecular weight excluding hydrogens is 429 g/mol. The van der Waals surface area contributed by atoms with Crippen molar-refractivity contribution >= 4 is 34.5 Å². The first-order valence-electron chi connectivity index (χ1n) is 10.4. The zero-order valence-corrected chi connectivity index (χ0v) is 18.4. The number of para-hydroxylation sites is 1. The van der Waals surface area contributed by atoms with E-state index in [4.69, 9.17) is 8.83 Å². The van der Waals surface area contributed by atoms with Gasteiger partial charge in [0.05, 0.1) is 11.4 Å². The highest BCUT2D eigenvalue weighted by atomic mass is 32.2. The van der Waals surface area contributed by atoms with Crippen LogP contribution >= 0.6 is 11.8 Å². The van der Waals surface area contributed by atoms with Gasteiger partial charge in [-0.05, 0) is 48.9 Å². The Morgan fingerprint density at radius 2 is 1.88 bits per heavy atom. The van der Waals surface area contributed by atoms with Gasteiger partial charge in [0.25, 0.3) is 11.1 Å². The number of nitrogens with zero attached hydrogens (tertiary/aromatic N) is 3. The Kier molecular flexibility index (Phi) is 5.61. The van der Waals surface area contributed by atoms with Crippen LogP contribution in [0.3, 0.4) is 0 Å². The van der Waals surface area contributed by atoms with E-state index in [-0.39, 0.29) is 11.7 Å². The number of hydrogen-bond acceptors (Lipinski definition) is 6. The Morgan fingerprint density at radius 1 is 1.06 bits per heavy atom. The lowest BCUT2D eigenvalue weighted by atomic mass is 10.2. The summed E-state index contributed by atoms with van der Waals surface area (Å²) in [6.07, 6.45) is 0. The van der Waals surface area contributed by atoms with Gasteiger partial charge < -0.3 is 18.6 Å². The second-order valence-electron chi connectivity index (χ2n) is 7.74. The van der Waals surface area contributed by atoms with Crippen molar-refractivity contribution in [2.24, 2.45) is 0 Å². The Labute approximate surface area is 189 Å². The molecule has 0 radical (unpaired) electrons. The lowest BCUT2D eigenvalue weighted by Gasteiger charge is -2.35. The minimum Gasteiger partial charge on any atom is -0.455 e. The van der Waals surface area contributed by atoms with Crippen LogP contribution in [-0.2, 0) is 5.75 Å². The summed E-state index contributed by atoms with van der Waals surface area (Å²) in [7, 11) is 0. The van der Waals surface area contributed by atoms with E-state index in [9.17, 15) is 9.18 Å². The third-order valence-corrected chi connectivity index (χ3v) is 6.35. The largest absolute Gasteiger partial charge is 0.455 e. The monoisotopic (exact) mass is 451 g/mol. The fourth-order valence-corrected chi connectivity index (χ4v) is 4.52. The third kappa shape index (κ3) is 4.23. The summed E-state index contributed by atoms with van der Waals surface area (Å²) in [6.45, 7) is 4.19. The molecular formula is C24H22FN3O3S. The van der Waals surface area contributed by atoms with E-state index >= 15 is 0 Å². The second-order valence-corrected chi connectivity index (χ2v) is 8.66. The van der Waals surface area contributed by atoms with Crippen LogP contribution < -0.4 is 4.90 Å². The fraction of sp³-hybridized carbons (Fsp3) is 0.250. The predicted octanol–water partition coefficient (Wildman–Crippen LogP) is 5.12. The first-order chi connectivity index (χ1) is 15.6. The van der Waals surface area contributed by atoms with Crippen molar-refractivity contribution in [3.05, 3.63) is 77.5 Å². The van der Waals surface area contributed by atoms with E-state index in [0.717, 1.165) is 16.7 Å². The van der Waals surface area contributed by atoms with Crippen LogP contribution in [0.15, 0.2) is 68.7 Å². The molecule has 1 fully saturated rings. The maximum atomic E-state index is 14.0. The van der Waals surface area contributed by atoms with Crippen molar-refractivity contribution in [3.8, 4) is 0 Å². The number of benzene rings is 2. The average Bonchev–Trinajstić information content (AvgIpc) is 3.44. The third-order valence-electron chi connectivity index (χ3n) is 5.49. The van der Waals surface area contributed by atoms with Gasteiger partial charge in [-0.1, -0.05) is 30.0 Å². The molecule has 0 unspecified atom stereocenters. The van der Waals surface area contributed by atoms with Crippen LogP contribution in [0.2, 0.25) is 0 Å². The number of rotatable bonds is 5. The highest BCUT2D eigenvalue weighted by molar-refractivity contribution is 7.98. The SMILES string of the molecule is Cc1ccc2nc(SCc3ccc(C(=O)N4CCN(c5ccccc5F)CC4)o3)oc2c1. The van der Waals surface area contributed by atoms with Gasteiger partial charge in [-0.3, -0.25) is 4.79 Å². The lowest BCUT2D eigenvalue weighted by molar-refractivity contribution is 0.0713. The van der Waals surface area contributed by atoms with Gasteiger partial charge >= 0.3 is 0 Å². The van der Waals surface area contributed by atoms with E-state index in [1.165, 1.54) is 17.8 Å². The molecule has 0 bridgehead atoms. The summed E-state index contributed by atoms with van der Waals surface area (Å²) in [4.78, 5) is 21.0. The number of fused-ring (bicyclic) bond motifs is 1. The van der Waals surface area contributed by atoms with Gasteiger partial charge in [0.15, 0.2) is 11.3 Å². The smallest absolute Gasteiger partial charge is 0.289 e. The number of aromatic nitrogens is 1. The number of anilines is 1. The van der Waals surface area contributed by atoms with Gasteiger partial charge in [0.1, 0.15) is 17.1 Å². The molecule has 0 spiro atoms. The van der Waals surface area contributed by atoms with Crippen molar-refractivity contribution in [3.63, 3.8) is 0 Å². The number of halogens is 1. The number of amides is 1. The molecule has 1 aliphatic heterocycles. The fourth-order valence-electron chi connectivity index (χ4n) is 3.79. The molecule has 164 valence electrons. The highest BCUT2D eigenvalue weighted by Gasteiger charge is 2.25. The van der Waals surface area contributed by atoms with Gasteiger partial charge in [0.2, 0.25) is 0 Å². The topological polar surface area (TPSA) is 62.7 Å². The second kappa shape index (κ2) is 8.70. The van der Waals surface area contributed by atoms with E-state index < -0.39 is 0 Å². The number of furan rings is 1. The molecule has 1 saturated heterocycles. The van der Waals surface area contributed by atoms with Crippen molar-refractivity contribution in [2.75, 3.05) is 31.1 Å². The molecule has 2 aromatic carbocycles. The van der Waals surface area contributed by atoms with Crippen LogP contribution in [-0.4, -0.2) is 42.0 Å². The molecule has 4 aromatic rings. The zero-order valence-electron chi connectivity index (χ0n) is 17.6. The summed E-state index contributed by atoms with van der Waals surface area (Å²) >= 11 is 1.43. The summed E-state index contributed by atoms with van der Waals surface area (Å²) in [5, 5.41) is 0.569. The highest BCUT2D eigenvalue weighted by Crippen LogP contribution is 2.28. The number of carbonyl (C=O) groups excluding carboxylic acids is 1. The first-order valence-corrected chi connectivity index (χ1v) is 11.4. The number of carbonyl (C=O) groups is 1. The Bertz CT molecular complexity index is 1260. The minimum atomic E-state index is -0.241. The molecule has 5 rings (SSSR count). The number of piperazine rings is 1. The maximum Gasteiger partial charge on any atom is 0.289 e. The molecule has 0 aliphatic carbocycles. The molecule has 0 N–H and O–H groups in total. The van der Waals surface area contributed by atoms with Gasteiger partial charge in [0, 0.05) is 26.2 Å². The minimum absolute atomic E-state index is 0.147. The normalized spacial score (nSPS) is 14.3. The van der Waals surface area contributed by atoms with Crippen molar-refractivity contribution in [1.29, 1.82) is 0 Å². The Balaban J connectivity index is 1.18. The van der Waals surface area contributed by atoms with E-state index in [2.05, 4.69) is 4.98 Å². The maximum absolute atomic E-state index is 14.0. The number of thioether (sulfide) groups is 1. The average molecular weight is 452 g/mol. The molecule has 6 nitrogen and oxygen atoms in total. The summed E-state index contributed by atoms with van der Waals surface area (Å²) in [5.74, 6) is 1.12. The first kappa shape index (κ1) is 20.6. The predicted molar refractivity (Wildman–Crippen MR) is 122 cm³/mol. The van der Waals surface area contributed by atoms with Crippen molar-refractivity contribution in [2.45, 2.75) is 17.9 Å². The molecule has 32 heavy (non-hydrogen) atoms. The van der Waals surface area contributed by atoms with Gasteiger partial charge in [-0.15, -0.1) is 0 Å². The summed E-state index contributed by atoms with van der Waals surface area (Å²) < 4.78 is 25.6. The van der Waals surface area contributed by atoms with E-state index in [0.29, 0.717) is 54.4 Å². The summed E-state index contributed by atoms with van der Waals surface area (Å²) in [5.41, 5.74) is 3.28. The molecule has 1 aliphatic rings. The molecule has 1 amide bonds. The van der Waals surface area contributed by atoms with Crippen LogP contribution in [0.5, 0.6) is 0 Å². The Hall–Kier alpha value is -3.26. The van der Waals surface area contributed by atoms with Crippen molar-refractivity contribution < 1.29 is 18.0 Å². The van der Waals surface area contributed by atoms with Gasteiger partial charge in [-0.2, -0.15) is 0 Å². The molecule has 0 saturated carbocycles. The molecule has 3 heterocycles. The van der Waals surface area contributed by atoms with Gasteiger partial charge in [-0.25, -0.2) is 9.37 Å². The van der Waals surface area contributed by atoms with Crippen LogP contribution in [0.1, 0.15) is 21.9 Å². The molecule has 0 atom stereocenters. The van der Waals surface area contributed by atoms with Crippen LogP contribution in [0.25, 0.3) is 11.1 Å². The van der Waals surface area contributed by atoms with Crippen molar-refractivity contribution in [1.82, 2.24) is 9.88 Å². The van der Waals surface area contributed by atoms with Crippen LogP contribution in [0, 0.1) is 12.7 Å².